The van der Waals surface area contributed by atoms with Gasteiger partial charge in [0.2, 0.25) is 10.0 Å². The average Bonchev–Trinajstić information content (AvgIpc) is 2.49. The zero-order valence-electron chi connectivity index (χ0n) is 13.4. The summed E-state index contributed by atoms with van der Waals surface area (Å²) in [6, 6.07) is 7.43. The summed E-state index contributed by atoms with van der Waals surface area (Å²) in [5.74, 6) is 0. The molecule has 0 bridgehead atoms. The molecule has 1 unspecified atom stereocenters. The predicted octanol–water partition coefficient (Wildman–Crippen LogP) is 3.22. The van der Waals surface area contributed by atoms with Crippen molar-refractivity contribution < 1.29 is 8.42 Å². The Morgan fingerprint density at radius 3 is 2.52 bits per heavy atom. The van der Waals surface area contributed by atoms with Gasteiger partial charge in [-0.15, -0.1) is 0 Å². The van der Waals surface area contributed by atoms with E-state index in [9.17, 15) is 8.42 Å². The lowest BCUT2D eigenvalue weighted by Crippen LogP contribution is -2.25. The Bertz CT molecular complexity index is 515. The molecular formula is C16H28N2O2S. The van der Waals surface area contributed by atoms with E-state index in [0.717, 1.165) is 37.8 Å². The van der Waals surface area contributed by atoms with Gasteiger partial charge in [0.15, 0.2) is 0 Å². The molecule has 0 aliphatic heterocycles. The van der Waals surface area contributed by atoms with Gasteiger partial charge in [-0.3, -0.25) is 0 Å². The van der Waals surface area contributed by atoms with E-state index in [4.69, 9.17) is 0 Å². The molecule has 21 heavy (non-hydrogen) atoms. The number of hydrogen-bond acceptors (Lipinski definition) is 3. The highest BCUT2D eigenvalue weighted by Crippen LogP contribution is 2.20. The van der Waals surface area contributed by atoms with Crippen LogP contribution >= 0.6 is 0 Å². The second kappa shape index (κ2) is 9.18. The van der Waals surface area contributed by atoms with Gasteiger partial charge in [0, 0.05) is 12.6 Å². The zero-order valence-corrected chi connectivity index (χ0v) is 14.2. The van der Waals surface area contributed by atoms with Crippen molar-refractivity contribution in [2.24, 2.45) is 0 Å². The summed E-state index contributed by atoms with van der Waals surface area (Å²) in [5.41, 5.74) is 1.02. The van der Waals surface area contributed by atoms with E-state index in [1.54, 1.807) is 12.1 Å². The Morgan fingerprint density at radius 1 is 1.14 bits per heavy atom. The van der Waals surface area contributed by atoms with Crippen molar-refractivity contribution in [2.75, 3.05) is 13.1 Å². The normalized spacial score (nSPS) is 13.3. The Hall–Kier alpha value is -0.910. The van der Waals surface area contributed by atoms with Crippen molar-refractivity contribution in [1.29, 1.82) is 0 Å². The molecule has 0 aromatic heterocycles. The lowest BCUT2D eigenvalue weighted by atomic mass is 10.0. The quantitative estimate of drug-likeness (QED) is 0.652. The number of nitrogens with one attached hydrogen (secondary N) is 2. The minimum Gasteiger partial charge on any atom is -0.310 e. The molecule has 1 atom stereocenters. The number of sulfonamides is 1. The van der Waals surface area contributed by atoms with Crippen molar-refractivity contribution in [3.63, 3.8) is 0 Å². The molecule has 1 rings (SSSR count). The van der Waals surface area contributed by atoms with Crippen LogP contribution in [0.25, 0.3) is 0 Å². The van der Waals surface area contributed by atoms with E-state index in [2.05, 4.69) is 30.8 Å². The molecule has 2 N–H and O–H groups in total. The average molecular weight is 312 g/mol. The van der Waals surface area contributed by atoms with Crippen LogP contribution in [0.4, 0.5) is 0 Å². The number of hydrogen-bond donors (Lipinski definition) is 2. The topological polar surface area (TPSA) is 58.2 Å². The molecule has 0 amide bonds. The second-order valence-corrected chi connectivity index (χ2v) is 6.96. The highest BCUT2D eigenvalue weighted by Gasteiger charge is 2.16. The lowest BCUT2D eigenvalue weighted by Gasteiger charge is -2.17. The number of benzene rings is 1. The molecule has 5 heteroatoms. The minimum absolute atomic E-state index is 0.199. The van der Waals surface area contributed by atoms with Crippen molar-refractivity contribution in [3.05, 3.63) is 29.8 Å². The smallest absolute Gasteiger partial charge is 0.240 e. The SMILES string of the molecule is CCCCCNS(=O)(=O)c1cccc(C(CC)NCC)c1. The highest BCUT2D eigenvalue weighted by molar-refractivity contribution is 7.89. The van der Waals surface area contributed by atoms with Crippen LogP contribution in [0, 0.1) is 0 Å². The van der Waals surface area contributed by atoms with Crippen molar-refractivity contribution >= 4 is 10.0 Å². The van der Waals surface area contributed by atoms with Crippen LogP contribution in [-0.2, 0) is 10.0 Å². The van der Waals surface area contributed by atoms with Gasteiger partial charge in [-0.1, -0.05) is 45.7 Å². The third-order valence-corrected chi connectivity index (χ3v) is 4.96. The molecule has 0 radical (unpaired) electrons. The van der Waals surface area contributed by atoms with E-state index >= 15 is 0 Å². The summed E-state index contributed by atoms with van der Waals surface area (Å²) in [6.07, 6.45) is 3.94. The van der Waals surface area contributed by atoms with Crippen molar-refractivity contribution in [2.45, 2.75) is 57.4 Å². The minimum atomic E-state index is -3.40. The molecule has 4 nitrogen and oxygen atoms in total. The molecule has 120 valence electrons. The van der Waals surface area contributed by atoms with Crippen molar-refractivity contribution in [1.82, 2.24) is 10.0 Å². The number of rotatable bonds is 10. The molecule has 0 spiro atoms. The largest absolute Gasteiger partial charge is 0.310 e. The standard InChI is InChI=1S/C16H28N2O2S/c1-4-7-8-12-18-21(19,20)15-11-9-10-14(13-15)16(5-2)17-6-3/h9-11,13,16-18H,4-8,12H2,1-3H3. The van der Waals surface area contributed by atoms with Gasteiger partial charge in [-0.05, 0) is 37.1 Å². The first-order chi connectivity index (χ1) is 10.0. The zero-order chi connectivity index (χ0) is 15.7. The Kier molecular flexibility index (Phi) is 7.93. The molecule has 0 heterocycles. The maximum absolute atomic E-state index is 12.3. The first-order valence-electron chi connectivity index (χ1n) is 7.88. The fraction of sp³-hybridized carbons (Fsp3) is 0.625. The summed E-state index contributed by atoms with van der Waals surface area (Å²) >= 11 is 0. The maximum atomic E-state index is 12.3. The molecule has 0 fully saturated rings. The molecule has 0 saturated heterocycles. The summed E-state index contributed by atoms with van der Waals surface area (Å²) in [5, 5.41) is 3.37. The lowest BCUT2D eigenvalue weighted by molar-refractivity contribution is 0.535. The summed E-state index contributed by atoms with van der Waals surface area (Å²) < 4.78 is 27.2. The molecule has 0 saturated carbocycles. The molecular weight excluding hydrogens is 284 g/mol. The van der Waals surface area contributed by atoms with Gasteiger partial charge >= 0.3 is 0 Å². The van der Waals surface area contributed by atoms with Crippen molar-refractivity contribution in [3.8, 4) is 0 Å². The second-order valence-electron chi connectivity index (χ2n) is 5.20. The fourth-order valence-corrected chi connectivity index (χ4v) is 3.44. The summed E-state index contributed by atoms with van der Waals surface area (Å²) in [6.45, 7) is 7.62. The number of unbranched alkanes of at least 4 members (excludes halogenated alkanes) is 2. The van der Waals surface area contributed by atoms with E-state index < -0.39 is 10.0 Å². The summed E-state index contributed by atoms with van der Waals surface area (Å²) in [7, 11) is -3.40. The third-order valence-electron chi connectivity index (χ3n) is 3.50. The van der Waals surface area contributed by atoms with Gasteiger partial charge in [-0.25, -0.2) is 13.1 Å². The van der Waals surface area contributed by atoms with Gasteiger partial charge in [0.25, 0.3) is 0 Å². The monoisotopic (exact) mass is 312 g/mol. The molecule has 1 aromatic rings. The first kappa shape index (κ1) is 18.1. The Balaban J connectivity index is 2.82. The maximum Gasteiger partial charge on any atom is 0.240 e. The van der Waals surface area contributed by atoms with Gasteiger partial charge in [0.1, 0.15) is 0 Å². The van der Waals surface area contributed by atoms with E-state index in [-0.39, 0.29) is 6.04 Å². The van der Waals surface area contributed by atoms with Crippen LogP contribution in [0.1, 0.15) is 58.1 Å². The summed E-state index contributed by atoms with van der Waals surface area (Å²) in [4.78, 5) is 0.354. The van der Waals surface area contributed by atoms with E-state index in [0.29, 0.717) is 11.4 Å². The molecule has 1 aromatic carbocycles. The molecule has 0 aliphatic rings. The van der Waals surface area contributed by atoms with E-state index in [1.807, 2.05) is 12.1 Å². The van der Waals surface area contributed by atoms with Gasteiger partial charge in [-0.2, -0.15) is 0 Å². The Labute approximate surface area is 129 Å². The van der Waals surface area contributed by atoms with Crippen LogP contribution in [0.15, 0.2) is 29.2 Å². The third kappa shape index (κ3) is 5.77. The molecule has 0 aliphatic carbocycles. The highest BCUT2D eigenvalue weighted by atomic mass is 32.2. The van der Waals surface area contributed by atoms with Crippen LogP contribution in [0.5, 0.6) is 0 Å². The predicted molar refractivity (Wildman–Crippen MR) is 87.9 cm³/mol. The van der Waals surface area contributed by atoms with Crippen LogP contribution < -0.4 is 10.0 Å². The van der Waals surface area contributed by atoms with E-state index in [1.165, 1.54) is 0 Å². The first-order valence-corrected chi connectivity index (χ1v) is 9.36. The van der Waals surface area contributed by atoms with Gasteiger partial charge in [0.05, 0.1) is 4.90 Å². The van der Waals surface area contributed by atoms with Crippen LogP contribution in [0.3, 0.4) is 0 Å². The van der Waals surface area contributed by atoms with Crippen LogP contribution in [-0.4, -0.2) is 21.5 Å². The Morgan fingerprint density at radius 2 is 1.90 bits per heavy atom. The fourth-order valence-electron chi connectivity index (χ4n) is 2.31. The van der Waals surface area contributed by atoms with Crippen LogP contribution in [0.2, 0.25) is 0 Å². The van der Waals surface area contributed by atoms with Gasteiger partial charge < -0.3 is 5.32 Å².